The molecular formula is C19H24N4S. The monoisotopic (exact) mass is 340 g/mol. The Morgan fingerprint density at radius 1 is 1.33 bits per heavy atom. The molecule has 0 aromatic carbocycles. The molecule has 2 aromatic heterocycles. The SMILES string of the molecule is C#C.CCc1nc(NCC2=CC=CC2)c2sc(CCN)c(C)c2n1. The van der Waals surface area contributed by atoms with Gasteiger partial charge in [-0.05, 0) is 37.4 Å². The Balaban J connectivity index is 0.00000100. The van der Waals surface area contributed by atoms with Crippen molar-refractivity contribution < 1.29 is 0 Å². The second-order valence-corrected chi connectivity index (χ2v) is 6.62. The van der Waals surface area contributed by atoms with Crippen molar-refractivity contribution in [3.05, 3.63) is 40.1 Å². The van der Waals surface area contributed by atoms with E-state index in [1.54, 1.807) is 11.3 Å². The molecule has 3 rings (SSSR count). The summed E-state index contributed by atoms with van der Waals surface area (Å²) in [7, 11) is 0. The van der Waals surface area contributed by atoms with Gasteiger partial charge in [-0.25, -0.2) is 9.97 Å². The third kappa shape index (κ3) is 3.84. The van der Waals surface area contributed by atoms with Crippen molar-refractivity contribution in [2.75, 3.05) is 18.4 Å². The molecule has 0 unspecified atom stereocenters. The topological polar surface area (TPSA) is 63.8 Å². The van der Waals surface area contributed by atoms with E-state index in [9.17, 15) is 0 Å². The quantitative estimate of drug-likeness (QED) is 0.789. The minimum Gasteiger partial charge on any atom is -0.365 e. The number of nitrogens with one attached hydrogen (secondary N) is 1. The average molecular weight is 340 g/mol. The number of allylic oxidation sites excluding steroid dienone is 3. The van der Waals surface area contributed by atoms with Crippen molar-refractivity contribution in [1.82, 2.24) is 9.97 Å². The largest absolute Gasteiger partial charge is 0.365 e. The zero-order valence-corrected chi connectivity index (χ0v) is 15.1. The van der Waals surface area contributed by atoms with Gasteiger partial charge in [0.25, 0.3) is 0 Å². The van der Waals surface area contributed by atoms with Gasteiger partial charge < -0.3 is 11.1 Å². The molecule has 126 valence electrons. The highest BCUT2D eigenvalue weighted by atomic mass is 32.1. The maximum absolute atomic E-state index is 5.73. The van der Waals surface area contributed by atoms with Gasteiger partial charge in [-0.3, -0.25) is 0 Å². The number of hydrogen-bond acceptors (Lipinski definition) is 5. The van der Waals surface area contributed by atoms with Crippen LogP contribution in [0.4, 0.5) is 5.82 Å². The van der Waals surface area contributed by atoms with Gasteiger partial charge in [0.05, 0.1) is 10.2 Å². The molecule has 0 saturated heterocycles. The number of rotatable bonds is 6. The molecule has 1 aliphatic carbocycles. The van der Waals surface area contributed by atoms with Crippen LogP contribution in [0.15, 0.2) is 23.8 Å². The molecule has 0 amide bonds. The second kappa shape index (κ2) is 8.62. The number of terminal acetylenes is 1. The lowest BCUT2D eigenvalue weighted by Crippen LogP contribution is -2.07. The van der Waals surface area contributed by atoms with Crippen molar-refractivity contribution in [2.24, 2.45) is 5.73 Å². The van der Waals surface area contributed by atoms with Crippen LogP contribution >= 0.6 is 11.3 Å². The van der Waals surface area contributed by atoms with Crippen molar-refractivity contribution in [3.8, 4) is 12.8 Å². The Kier molecular flexibility index (Phi) is 6.53. The van der Waals surface area contributed by atoms with E-state index in [1.807, 2.05) is 0 Å². The van der Waals surface area contributed by atoms with Gasteiger partial charge >= 0.3 is 0 Å². The second-order valence-electron chi connectivity index (χ2n) is 5.52. The molecule has 4 nitrogen and oxygen atoms in total. The minimum atomic E-state index is 0.670. The first-order valence-electron chi connectivity index (χ1n) is 8.13. The molecule has 0 fully saturated rings. The van der Waals surface area contributed by atoms with E-state index in [0.29, 0.717) is 6.54 Å². The van der Waals surface area contributed by atoms with Gasteiger partial charge in [0.1, 0.15) is 11.6 Å². The molecule has 24 heavy (non-hydrogen) atoms. The van der Waals surface area contributed by atoms with Crippen LogP contribution < -0.4 is 11.1 Å². The summed E-state index contributed by atoms with van der Waals surface area (Å²) in [6.45, 7) is 5.74. The zero-order valence-electron chi connectivity index (χ0n) is 14.3. The zero-order chi connectivity index (χ0) is 17.5. The lowest BCUT2D eigenvalue weighted by atomic mass is 10.2. The van der Waals surface area contributed by atoms with Crippen LogP contribution in [0.1, 0.15) is 29.6 Å². The molecule has 2 aromatic rings. The van der Waals surface area contributed by atoms with Crippen LogP contribution in [0, 0.1) is 19.8 Å². The van der Waals surface area contributed by atoms with E-state index in [1.165, 1.54) is 16.0 Å². The smallest absolute Gasteiger partial charge is 0.148 e. The van der Waals surface area contributed by atoms with E-state index in [0.717, 1.165) is 47.7 Å². The fourth-order valence-corrected chi connectivity index (χ4v) is 3.87. The fourth-order valence-electron chi connectivity index (χ4n) is 2.65. The van der Waals surface area contributed by atoms with Gasteiger partial charge in [-0.1, -0.05) is 25.2 Å². The van der Waals surface area contributed by atoms with Gasteiger partial charge in [0, 0.05) is 17.8 Å². The number of anilines is 1. The van der Waals surface area contributed by atoms with Crippen molar-refractivity contribution in [3.63, 3.8) is 0 Å². The average Bonchev–Trinajstić information content (AvgIpc) is 3.24. The summed E-state index contributed by atoms with van der Waals surface area (Å²) in [5.74, 6) is 1.86. The van der Waals surface area contributed by atoms with E-state index in [2.05, 4.69) is 50.2 Å². The van der Waals surface area contributed by atoms with Gasteiger partial charge in [-0.2, -0.15) is 0 Å². The molecule has 0 radical (unpaired) electrons. The van der Waals surface area contributed by atoms with E-state index in [-0.39, 0.29) is 0 Å². The molecule has 0 atom stereocenters. The van der Waals surface area contributed by atoms with Crippen LogP contribution in [-0.2, 0) is 12.8 Å². The minimum absolute atomic E-state index is 0.670. The van der Waals surface area contributed by atoms with Gasteiger partial charge in [-0.15, -0.1) is 24.2 Å². The van der Waals surface area contributed by atoms with Crippen LogP contribution in [0.5, 0.6) is 0 Å². The molecule has 5 heteroatoms. The van der Waals surface area contributed by atoms with Crippen molar-refractivity contribution in [2.45, 2.75) is 33.1 Å². The predicted molar refractivity (Wildman–Crippen MR) is 105 cm³/mol. The number of fused-ring (bicyclic) bond motifs is 1. The Morgan fingerprint density at radius 3 is 2.75 bits per heavy atom. The molecule has 1 aliphatic rings. The number of thiophene rings is 1. The maximum Gasteiger partial charge on any atom is 0.148 e. The summed E-state index contributed by atoms with van der Waals surface area (Å²) in [5, 5.41) is 3.51. The van der Waals surface area contributed by atoms with Crippen LogP contribution in [0.25, 0.3) is 10.2 Å². The summed E-state index contributed by atoms with van der Waals surface area (Å²) < 4.78 is 1.16. The van der Waals surface area contributed by atoms with Crippen molar-refractivity contribution >= 4 is 27.4 Å². The summed E-state index contributed by atoms with van der Waals surface area (Å²) in [6, 6.07) is 0. The first-order valence-corrected chi connectivity index (χ1v) is 8.95. The number of aryl methyl sites for hydroxylation is 2. The number of nitrogens with two attached hydrogens (primary N) is 1. The van der Waals surface area contributed by atoms with E-state index in [4.69, 9.17) is 15.7 Å². The highest BCUT2D eigenvalue weighted by Crippen LogP contribution is 2.34. The van der Waals surface area contributed by atoms with Crippen LogP contribution in [0.2, 0.25) is 0 Å². The Bertz CT molecular complexity index is 783. The molecule has 0 saturated carbocycles. The van der Waals surface area contributed by atoms with Crippen molar-refractivity contribution in [1.29, 1.82) is 0 Å². The fraction of sp³-hybridized carbons (Fsp3) is 0.368. The van der Waals surface area contributed by atoms with Crippen LogP contribution in [-0.4, -0.2) is 23.1 Å². The van der Waals surface area contributed by atoms with Gasteiger partial charge in [0.15, 0.2) is 0 Å². The lowest BCUT2D eigenvalue weighted by molar-refractivity contribution is 0.953. The summed E-state index contributed by atoms with van der Waals surface area (Å²) in [4.78, 5) is 10.8. The Labute approximate surface area is 147 Å². The van der Waals surface area contributed by atoms with E-state index >= 15 is 0 Å². The standard InChI is InChI=1S/C17H22N4S.C2H2/c1-3-14-20-15-11(2)13(8-9-18)22-16(15)17(21-14)19-10-12-6-4-5-7-12;1-2/h4-6H,3,7-10,18H2,1-2H3,(H,19,20,21);1-2H. The summed E-state index contributed by atoms with van der Waals surface area (Å²) in [5.41, 5.74) is 9.46. The predicted octanol–water partition coefficient (Wildman–Crippen LogP) is 3.61. The first-order chi connectivity index (χ1) is 11.7. The first kappa shape index (κ1) is 18.2. The molecule has 2 heterocycles. The number of hydrogen-bond donors (Lipinski definition) is 2. The Morgan fingerprint density at radius 2 is 2.12 bits per heavy atom. The molecule has 0 bridgehead atoms. The number of nitrogens with zero attached hydrogens (tertiary/aromatic N) is 2. The Hall–Kier alpha value is -2.16. The highest BCUT2D eigenvalue weighted by Gasteiger charge is 2.15. The van der Waals surface area contributed by atoms with Crippen LogP contribution in [0.3, 0.4) is 0 Å². The maximum atomic E-state index is 5.73. The molecule has 0 aliphatic heterocycles. The summed E-state index contributed by atoms with van der Waals surface area (Å²) >= 11 is 1.77. The third-order valence-corrected chi connectivity index (χ3v) is 5.28. The lowest BCUT2D eigenvalue weighted by Gasteiger charge is -2.09. The third-order valence-electron chi connectivity index (χ3n) is 3.93. The van der Waals surface area contributed by atoms with Gasteiger partial charge in [0.2, 0.25) is 0 Å². The molecule has 3 N–H and O–H groups in total. The summed E-state index contributed by atoms with van der Waals surface area (Å²) in [6.07, 6.45) is 17.2. The number of aromatic nitrogens is 2. The normalized spacial score (nSPS) is 12.8. The molecular weight excluding hydrogens is 316 g/mol. The highest BCUT2D eigenvalue weighted by molar-refractivity contribution is 7.19. The van der Waals surface area contributed by atoms with E-state index < -0.39 is 0 Å². The molecule has 0 spiro atoms.